The van der Waals surface area contributed by atoms with Gasteiger partial charge in [0.15, 0.2) is 0 Å². The molecule has 1 fully saturated rings. The Balaban J connectivity index is 2.15. The number of nitro groups is 1. The first-order valence-corrected chi connectivity index (χ1v) is 9.88. The number of nitrogens with one attached hydrogen (secondary N) is 1. The summed E-state index contributed by atoms with van der Waals surface area (Å²) in [6.07, 6.45) is 2.05. The van der Waals surface area contributed by atoms with Crippen LogP contribution < -0.4 is 16.0 Å². The monoisotopic (exact) mass is 379 g/mol. The van der Waals surface area contributed by atoms with Crippen molar-refractivity contribution in [2.24, 2.45) is 11.8 Å². The first-order chi connectivity index (χ1) is 12.8. The first kappa shape index (κ1) is 21.1. The summed E-state index contributed by atoms with van der Waals surface area (Å²) < 4.78 is 0. The zero-order valence-corrected chi connectivity index (χ0v) is 16.9. The molecule has 1 aliphatic rings. The number of rotatable bonds is 9. The minimum absolute atomic E-state index is 0.0814. The molecule has 2 atom stereocenters. The van der Waals surface area contributed by atoms with E-state index in [1.807, 2.05) is 4.90 Å². The number of aromatic nitrogens is 2. The summed E-state index contributed by atoms with van der Waals surface area (Å²) in [7, 11) is 0. The Hall–Kier alpha value is -2.16. The fourth-order valence-electron chi connectivity index (χ4n) is 3.81. The van der Waals surface area contributed by atoms with Crippen LogP contribution in [0, 0.1) is 22.0 Å². The van der Waals surface area contributed by atoms with Crippen LogP contribution in [0.5, 0.6) is 0 Å². The van der Waals surface area contributed by atoms with E-state index in [-0.39, 0.29) is 11.5 Å². The lowest BCUT2D eigenvalue weighted by Crippen LogP contribution is -2.39. The maximum Gasteiger partial charge on any atom is 0.353 e. The minimum atomic E-state index is -0.473. The Bertz CT molecular complexity index is 626. The number of anilines is 3. The first-order valence-electron chi connectivity index (χ1n) is 9.88. The number of hydrogen-bond acceptors (Lipinski definition) is 8. The molecule has 0 bridgehead atoms. The molecule has 9 heteroatoms. The maximum atomic E-state index is 11.6. The lowest BCUT2D eigenvalue weighted by atomic mass is 9.92. The van der Waals surface area contributed by atoms with Gasteiger partial charge >= 0.3 is 5.69 Å². The average Bonchev–Trinajstić information content (AvgIpc) is 2.60. The predicted octanol–water partition coefficient (Wildman–Crippen LogP) is 2.59. The number of nitrogen functional groups attached to an aromatic ring is 1. The zero-order chi connectivity index (χ0) is 20.0. The molecule has 0 saturated carbocycles. The molecule has 0 aliphatic carbocycles. The highest BCUT2D eigenvalue weighted by molar-refractivity contribution is 5.71. The summed E-state index contributed by atoms with van der Waals surface area (Å²) in [6.45, 7) is 13.8. The fourth-order valence-corrected chi connectivity index (χ4v) is 3.81. The summed E-state index contributed by atoms with van der Waals surface area (Å²) in [4.78, 5) is 24.0. The Kier molecular flexibility index (Phi) is 7.58. The predicted molar refractivity (Wildman–Crippen MR) is 109 cm³/mol. The summed E-state index contributed by atoms with van der Waals surface area (Å²) in [6, 6.07) is 0. The highest BCUT2D eigenvalue weighted by atomic mass is 16.6. The molecule has 3 N–H and O–H groups in total. The van der Waals surface area contributed by atoms with Crippen molar-refractivity contribution in [3.05, 3.63) is 10.1 Å². The van der Waals surface area contributed by atoms with Gasteiger partial charge in [0.05, 0.1) is 4.92 Å². The van der Waals surface area contributed by atoms with E-state index < -0.39 is 4.92 Å². The van der Waals surface area contributed by atoms with Gasteiger partial charge in [0, 0.05) is 19.6 Å². The van der Waals surface area contributed by atoms with Crippen LogP contribution in [-0.4, -0.2) is 59.1 Å². The van der Waals surface area contributed by atoms with Crippen molar-refractivity contribution < 1.29 is 4.92 Å². The SMILES string of the molecule is CCN(CC)CCCNc1nc(N)c([N+](=O)[O-])c(N2C[C@H](C)C[C@H](C)C2)n1. The molecule has 0 radical (unpaired) electrons. The molecular weight excluding hydrogens is 346 g/mol. The Labute approximate surface area is 161 Å². The van der Waals surface area contributed by atoms with Gasteiger partial charge in [-0.15, -0.1) is 0 Å². The molecule has 152 valence electrons. The highest BCUT2D eigenvalue weighted by Gasteiger charge is 2.31. The summed E-state index contributed by atoms with van der Waals surface area (Å²) in [5.74, 6) is 1.52. The van der Waals surface area contributed by atoms with Crippen LogP contribution in [0.15, 0.2) is 0 Å². The Morgan fingerprint density at radius 2 is 1.89 bits per heavy atom. The lowest BCUT2D eigenvalue weighted by Gasteiger charge is -2.35. The van der Waals surface area contributed by atoms with Crippen molar-refractivity contribution >= 4 is 23.3 Å². The standard InChI is InChI=1S/C18H33N7O2/c1-5-23(6-2)9-7-8-20-18-21-16(19)15(25(26)27)17(22-18)24-11-13(3)10-14(4)12-24/h13-14H,5-12H2,1-4H3,(H3,19,20,21,22)/t13-,14+. The normalized spacial score (nSPS) is 20.1. The van der Waals surface area contributed by atoms with Crippen LogP contribution in [0.25, 0.3) is 0 Å². The van der Waals surface area contributed by atoms with Crippen molar-refractivity contribution in [2.75, 3.05) is 55.2 Å². The number of hydrogen-bond donors (Lipinski definition) is 2. The van der Waals surface area contributed by atoms with E-state index in [9.17, 15) is 10.1 Å². The quantitative estimate of drug-likeness (QED) is 0.382. The van der Waals surface area contributed by atoms with Gasteiger partial charge in [-0.3, -0.25) is 10.1 Å². The second kappa shape index (κ2) is 9.68. The lowest BCUT2D eigenvalue weighted by molar-refractivity contribution is -0.383. The van der Waals surface area contributed by atoms with Crippen LogP contribution in [0.1, 0.15) is 40.5 Å². The molecule has 9 nitrogen and oxygen atoms in total. The van der Waals surface area contributed by atoms with Crippen molar-refractivity contribution in [1.29, 1.82) is 0 Å². The van der Waals surface area contributed by atoms with E-state index in [1.54, 1.807) is 0 Å². The summed E-state index contributed by atoms with van der Waals surface area (Å²) in [5, 5.41) is 14.7. The van der Waals surface area contributed by atoms with E-state index in [2.05, 4.69) is 47.9 Å². The molecule has 1 aliphatic heterocycles. The van der Waals surface area contributed by atoms with E-state index in [4.69, 9.17) is 5.73 Å². The Morgan fingerprint density at radius 3 is 2.44 bits per heavy atom. The van der Waals surface area contributed by atoms with Crippen molar-refractivity contribution in [3.8, 4) is 0 Å². The second-order valence-corrected chi connectivity index (χ2v) is 7.52. The molecule has 0 unspecified atom stereocenters. The average molecular weight is 380 g/mol. The fraction of sp³-hybridized carbons (Fsp3) is 0.778. The third-order valence-electron chi connectivity index (χ3n) is 5.07. The minimum Gasteiger partial charge on any atom is -0.378 e. The van der Waals surface area contributed by atoms with Crippen molar-refractivity contribution in [1.82, 2.24) is 14.9 Å². The molecule has 1 aromatic rings. The van der Waals surface area contributed by atoms with Crippen LogP contribution in [-0.2, 0) is 0 Å². The smallest absolute Gasteiger partial charge is 0.353 e. The molecule has 1 aromatic heterocycles. The third kappa shape index (κ3) is 5.66. The van der Waals surface area contributed by atoms with Gasteiger partial charge in [-0.2, -0.15) is 9.97 Å². The molecule has 1 saturated heterocycles. The van der Waals surface area contributed by atoms with Crippen LogP contribution >= 0.6 is 0 Å². The Morgan fingerprint density at radius 1 is 1.26 bits per heavy atom. The largest absolute Gasteiger partial charge is 0.378 e. The van der Waals surface area contributed by atoms with Gasteiger partial charge in [0.25, 0.3) is 0 Å². The highest BCUT2D eigenvalue weighted by Crippen LogP contribution is 2.35. The molecule has 2 rings (SSSR count). The van der Waals surface area contributed by atoms with Gasteiger partial charge in [-0.1, -0.05) is 27.7 Å². The van der Waals surface area contributed by atoms with Crippen LogP contribution in [0.4, 0.5) is 23.3 Å². The molecule has 0 spiro atoms. The van der Waals surface area contributed by atoms with Gasteiger partial charge in [-0.25, -0.2) is 0 Å². The van der Waals surface area contributed by atoms with Crippen molar-refractivity contribution in [2.45, 2.75) is 40.5 Å². The number of nitrogens with zero attached hydrogens (tertiary/aromatic N) is 5. The number of nitrogens with two attached hydrogens (primary N) is 1. The summed E-state index contributed by atoms with van der Waals surface area (Å²) in [5.41, 5.74) is 5.74. The van der Waals surface area contributed by atoms with Crippen LogP contribution in [0.3, 0.4) is 0 Å². The van der Waals surface area contributed by atoms with Gasteiger partial charge in [0.2, 0.25) is 17.6 Å². The molecule has 2 heterocycles. The number of piperidine rings is 1. The molecule has 0 aromatic carbocycles. The third-order valence-corrected chi connectivity index (χ3v) is 5.07. The molecular formula is C18H33N7O2. The van der Waals surface area contributed by atoms with Gasteiger partial charge in [0.1, 0.15) is 0 Å². The second-order valence-electron chi connectivity index (χ2n) is 7.52. The van der Waals surface area contributed by atoms with Crippen LogP contribution in [0.2, 0.25) is 0 Å². The summed E-state index contributed by atoms with van der Waals surface area (Å²) >= 11 is 0. The molecule has 27 heavy (non-hydrogen) atoms. The van der Waals surface area contributed by atoms with E-state index in [0.29, 0.717) is 30.1 Å². The molecule has 0 amide bonds. The van der Waals surface area contributed by atoms with E-state index >= 15 is 0 Å². The maximum absolute atomic E-state index is 11.6. The topological polar surface area (TPSA) is 113 Å². The van der Waals surface area contributed by atoms with Gasteiger partial charge < -0.3 is 20.9 Å². The van der Waals surface area contributed by atoms with E-state index in [0.717, 1.165) is 45.6 Å². The van der Waals surface area contributed by atoms with Gasteiger partial charge in [-0.05, 0) is 44.3 Å². The van der Waals surface area contributed by atoms with E-state index in [1.165, 1.54) is 0 Å². The van der Waals surface area contributed by atoms with Crippen molar-refractivity contribution in [3.63, 3.8) is 0 Å². The zero-order valence-electron chi connectivity index (χ0n) is 16.9.